The Kier molecular flexibility index (Phi) is 3.95. The Balaban J connectivity index is 2.21. The summed E-state index contributed by atoms with van der Waals surface area (Å²) >= 11 is 5.36. The molecule has 2 heteroatoms. The van der Waals surface area contributed by atoms with E-state index in [-0.39, 0.29) is 4.75 Å². The molecule has 0 aliphatic heterocycles. The maximum absolute atomic E-state index is 3.47. The summed E-state index contributed by atoms with van der Waals surface area (Å²) in [6.07, 6.45) is 0. The van der Waals surface area contributed by atoms with Crippen LogP contribution in [0.3, 0.4) is 0 Å². The van der Waals surface area contributed by atoms with Crippen molar-refractivity contribution in [2.75, 3.05) is 0 Å². The van der Waals surface area contributed by atoms with E-state index in [1.807, 2.05) is 11.8 Å². The first-order chi connectivity index (χ1) is 8.08. The van der Waals surface area contributed by atoms with Gasteiger partial charge in [-0.3, -0.25) is 0 Å². The van der Waals surface area contributed by atoms with Crippen molar-refractivity contribution in [1.82, 2.24) is 0 Å². The van der Waals surface area contributed by atoms with Crippen LogP contribution in [0.1, 0.15) is 19.4 Å². The van der Waals surface area contributed by atoms with Crippen LogP contribution in [0.5, 0.6) is 0 Å². The van der Waals surface area contributed by atoms with E-state index in [9.17, 15) is 0 Å². The summed E-state index contributed by atoms with van der Waals surface area (Å²) < 4.78 is 1.21. The molecule has 0 N–H and O–H groups in total. The van der Waals surface area contributed by atoms with Crippen molar-refractivity contribution in [1.29, 1.82) is 0 Å². The lowest BCUT2D eigenvalue weighted by Crippen LogP contribution is -2.11. The molecule has 0 fully saturated rings. The van der Waals surface area contributed by atoms with Gasteiger partial charge in [0, 0.05) is 14.1 Å². The summed E-state index contributed by atoms with van der Waals surface area (Å²) in [5.41, 5.74) is 1.34. The number of halogens is 1. The standard InChI is InChI=1S/C15H15BrS/c1-15(2,12-8-10-13(16)11-9-12)17-14-6-4-3-5-7-14/h3-11H,1-2H3. The quantitative estimate of drug-likeness (QED) is 0.677. The molecule has 0 saturated carbocycles. The average Bonchev–Trinajstić information content (AvgIpc) is 2.30. The van der Waals surface area contributed by atoms with Crippen LogP contribution in [0.25, 0.3) is 0 Å². The van der Waals surface area contributed by atoms with Crippen molar-refractivity contribution in [3.63, 3.8) is 0 Å². The van der Waals surface area contributed by atoms with E-state index in [0.717, 1.165) is 4.47 Å². The predicted octanol–water partition coefficient (Wildman–Crippen LogP) is 5.48. The van der Waals surface area contributed by atoms with Crippen LogP contribution in [0.15, 0.2) is 64.0 Å². The Bertz CT molecular complexity index is 474. The van der Waals surface area contributed by atoms with Gasteiger partial charge in [0.25, 0.3) is 0 Å². The van der Waals surface area contributed by atoms with E-state index in [0.29, 0.717) is 0 Å². The molecular weight excluding hydrogens is 292 g/mol. The zero-order valence-corrected chi connectivity index (χ0v) is 12.4. The monoisotopic (exact) mass is 306 g/mol. The van der Waals surface area contributed by atoms with E-state index in [2.05, 4.69) is 84.4 Å². The molecule has 0 bridgehead atoms. The van der Waals surface area contributed by atoms with Crippen molar-refractivity contribution in [2.45, 2.75) is 23.5 Å². The molecule has 2 aromatic carbocycles. The van der Waals surface area contributed by atoms with Gasteiger partial charge in [-0.15, -0.1) is 11.8 Å². The molecule has 2 rings (SSSR count). The third-order valence-electron chi connectivity index (χ3n) is 2.66. The Hall–Kier alpha value is -0.730. The van der Waals surface area contributed by atoms with Crippen LogP contribution in [0, 0.1) is 0 Å². The van der Waals surface area contributed by atoms with Crippen molar-refractivity contribution in [3.05, 3.63) is 64.6 Å². The molecule has 0 aliphatic rings. The first-order valence-electron chi connectivity index (χ1n) is 5.58. The highest BCUT2D eigenvalue weighted by Crippen LogP contribution is 2.40. The predicted molar refractivity (Wildman–Crippen MR) is 79.5 cm³/mol. The summed E-state index contributed by atoms with van der Waals surface area (Å²) in [6, 6.07) is 19.1. The van der Waals surface area contributed by atoms with Crippen LogP contribution in [0.2, 0.25) is 0 Å². The average molecular weight is 307 g/mol. The number of hydrogen-bond acceptors (Lipinski definition) is 1. The third-order valence-corrected chi connectivity index (χ3v) is 4.44. The molecular formula is C15H15BrS. The fraction of sp³-hybridized carbons (Fsp3) is 0.200. The van der Waals surface area contributed by atoms with Crippen LogP contribution >= 0.6 is 27.7 Å². The Labute approximate surface area is 116 Å². The number of benzene rings is 2. The largest absolute Gasteiger partial charge is 0.115 e. The molecule has 0 atom stereocenters. The summed E-state index contributed by atoms with van der Waals surface area (Å²) in [5.74, 6) is 0. The fourth-order valence-electron chi connectivity index (χ4n) is 1.69. The molecule has 0 aliphatic carbocycles. The van der Waals surface area contributed by atoms with Gasteiger partial charge in [-0.25, -0.2) is 0 Å². The molecule has 0 aromatic heterocycles. The summed E-state index contributed by atoms with van der Waals surface area (Å²) in [6.45, 7) is 4.52. The van der Waals surface area contributed by atoms with Crippen LogP contribution in [-0.4, -0.2) is 0 Å². The molecule has 0 spiro atoms. The summed E-state index contributed by atoms with van der Waals surface area (Å²) in [7, 11) is 0. The van der Waals surface area contributed by atoms with E-state index < -0.39 is 0 Å². The zero-order chi connectivity index (χ0) is 12.3. The second-order valence-electron chi connectivity index (χ2n) is 4.43. The highest BCUT2D eigenvalue weighted by atomic mass is 79.9. The zero-order valence-electron chi connectivity index (χ0n) is 9.98. The smallest absolute Gasteiger partial charge is 0.0399 e. The topological polar surface area (TPSA) is 0 Å². The minimum Gasteiger partial charge on any atom is -0.115 e. The SMILES string of the molecule is CC(C)(Sc1ccccc1)c1ccc(Br)cc1. The first-order valence-corrected chi connectivity index (χ1v) is 7.19. The van der Waals surface area contributed by atoms with Gasteiger partial charge >= 0.3 is 0 Å². The normalized spacial score (nSPS) is 11.5. The van der Waals surface area contributed by atoms with Gasteiger partial charge in [-0.05, 0) is 43.7 Å². The second kappa shape index (κ2) is 5.28. The lowest BCUT2D eigenvalue weighted by Gasteiger charge is -2.24. The molecule has 0 amide bonds. The van der Waals surface area contributed by atoms with Gasteiger partial charge in [0.1, 0.15) is 0 Å². The Morgan fingerprint density at radius 1 is 0.882 bits per heavy atom. The number of rotatable bonds is 3. The molecule has 2 aromatic rings. The van der Waals surface area contributed by atoms with E-state index >= 15 is 0 Å². The molecule has 0 radical (unpaired) electrons. The van der Waals surface area contributed by atoms with Crippen molar-refractivity contribution >= 4 is 27.7 Å². The van der Waals surface area contributed by atoms with E-state index in [4.69, 9.17) is 0 Å². The molecule has 17 heavy (non-hydrogen) atoms. The van der Waals surface area contributed by atoms with Crippen LogP contribution in [0.4, 0.5) is 0 Å². The van der Waals surface area contributed by atoms with Crippen molar-refractivity contribution < 1.29 is 0 Å². The van der Waals surface area contributed by atoms with Crippen LogP contribution in [-0.2, 0) is 4.75 Å². The van der Waals surface area contributed by atoms with Gasteiger partial charge < -0.3 is 0 Å². The molecule has 0 saturated heterocycles. The number of hydrogen-bond donors (Lipinski definition) is 0. The lowest BCUT2D eigenvalue weighted by atomic mass is 10.0. The minimum atomic E-state index is 0.0854. The molecule has 0 nitrogen and oxygen atoms in total. The fourth-order valence-corrected chi connectivity index (χ4v) is 3.09. The maximum Gasteiger partial charge on any atom is 0.0399 e. The Morgan fingerprint density at radius 2 is 1.47 bits per heavy atom. The van der Waals surface area contributed by atoms with Gasteiger partial charge in [-0.1, -0.05) is 46.3 Å². The highest BCUT2D eigenvalue weighted by molar-refractivity contribution is 9.10. The van der Waals surface area contributed by atoms with Gasteiger partial charge in [0.05, 0.1) is 0 Å². The van der Waals surface area contributed by atoms with E-state index in [1.165, 1.54) is 10.5 Å². The molecule has 88 valence electrons. The molecule has 0 unspecified atom stereocenters. The molecule has 0 heterocycles. The van der Waals surface area contributed by atoms with Crippen LogP contribution < -0.4 is 0 Å². The first kappa shape index (κ1) is 12.7. The summed E-state index contributed by atoms with van der Waals surface area (Å²) in [4.78, 5) is 1.31. The maximum atomic E-state index is 3.47. The van der Waals surface area contributed by atoms with Crippen molar-refractivity contribution in [3.8, 4) is 0 Å². The van der Waals surface area contributed by atoms with Crippen molar-refractivity contribution in [2.24, 2.45) is 0 Å². The second-order valence-corrected chi connectivity index (χ2v) is 7.04. The van der Waals surface area contributed by atoms with Gasteiger partial charge in [0.15, 0.2) is 0 Å². The lowest BCUT2D eigenvalue weighted by molar-refractivity contribution is 0.781. The van der Waals surface area contributed by atoms with E-state index in [1.54, 1.807) is 0 Å². The van der Waals surface area contributed by atoms with Gasteiger partial charge in [0.2, 0.25) is 0 Å². The summed E-state index contributed by atoms with van der Waals surface area (Å²) in [5, 5.41) is 0. The number of thioether (sulfide) groups is 1. The highest BCUT2D eigenvalue weighted by Gasteiger charge is 2.21. The third kappa shape index (κ3) is 3.36. The Morgan fingerprint density at radius 3 is 2.06 bits per heavy atom. The minimum absolute atomic E-state index is 0.0854. The van der Waals surface area contributed by atoms with Gasteiger partial charge in [-0.2, -0.15) is 0 Å².